The number of aryl methyl sites for hydroxylation is 1. The first-order chi connectivity index (χ1) is 13.2. The molecule has 2 aromatic rings. The Morgan fingerprint density at radius 1 is 1.32 bits per heavy atom. The Morgan fingerprint density at radius 2 is 2.11 bits per heavy atom. The van der Waals surface area contributed by atoms with Gasteiger partial charge in [0.05, 0.1) is 6.61 Å². The predicted molar refractivity (Wildman–Crippen MR) is 110 cm³/mol. The molecule has 0 radical (unpaired) electrons. The highest BCUT2D eigenvalue weighted by Gasteiger charge is 2.25. The van der Waals surface area contributed by atoms with Gasteiger partial charge in [-0.25, -0.2) is 0 Å². The van der Waals surface area contributed by atoms with E-state index in [4.69, 9.17) is 9.26 Å². The van der Waals surface area contributed by atoms with Gasteiger partial charge >= 0.3 is 0 Å². The van der Waals surface area contributed by atoms with Crippen LogP contribution in [0.2, 0.25) is 0 Å². The lowest BCUT2D eigenvalue weighted by Gasteiger charge is -2.28. The summed E-state index contributed by atoms with van der Waals surface area (Å²) < 4.78 is 10.8. The Kier molecular flexibility index (Phi) is 8.73. The standard InChI is InChI=1S/C20H28N4O3.ClH/c1-3-13-24(16-11-12-21-14-16)19(25)10-9-18-22-20(23-27-18)15-5-7-17(8-6-15)26-4-2;/h5-8,16,21H,3-4,9-14H2,1-2H3;1H. The van der Waals surface area contributed by atoms with Crippen molar-refractivity contribution in [2.45, 2.75) is 45.6 Å². The Balaban J connectivity index is 0.00000280. The number of nitrogens with one attached hydrogen (secondary N) is 1. The largest absolute Gasteiger partial charge is 0.494 e. The van der Waals surface area contributed by atoms with E-state index >= 15 is 0 Å². The average molecular weight is 409 g/mol. The summed E-state index contributed by atoms with van der Waals surface area (Å²) in [5, 5.41) is 7.37. The third-order valence-corrected chi connectivity index (χ3v) is 4.70. The first-order valence-electron chi connectivity index (χ1n) is 9.77. The number of halogens is 1. The van der Waals surface area contributed by atoms with Gasteiger partial charge in [-0.2, -0.15) is 4.98 Å². The van der Waals surface area contributed by atoms with E-state index in [1.165, 1.54) is 0 Å². The van der Waals surface area contributed by atoms with Crippen LogP contribution in [0, 0.1) is 0 Å². The van der Waals surface area contributed by atoms with Gasteiger partial charge in [0.2, 0.25) is 17.6 Å². The van der Waals surface area contributed by atoms with E-state index < -0.39 is 0 Å². The van der Waals surface area contributed by atoms with Crippen molar-refractivity contribution in [1.29, 1.82) is 0 Å². The van der Waals surface area contributed by atoms with Crippen molar-refractivity contribution < 1.29 is 14.1 Å². The summed E-state index contributed by atoms with van der Waals surface area (Å²) in [5.74, 6) is 2.00. The summed E-state index contributed by atoms with van der Waals surface area (Å²) >= 11 is 0. The van der Waals surface area contributed by atoms with Gasteiger partial charge in [-0.15, -0.1) is 12.4 Å². The first-order valence-corrected chi connectivity index (χ1v) is 9.77. The van der Waals surface area contributed by atoms with Crippen LogP contribution in [-0.4, -0.2) is 53.2 Å². The molecule has 1 saturated heterocycles. The monoisotopic (exact) mass is 408 g/mol. The van der Waals surface area contributed by atoms with Gasteiger partial charge in [0.1, 0.15) is 5.75 Å². The van der Waals surface area contributed by atoms with Gasteiger partial charge in [-0.1, -0.05) is 12.1 Å². The molecule has 154 valence electrons. The zero-order chi connectivity index (χ0) is 19.1. The van der Waals surface area contributed by atoms with Crippen LogP contribution in [0.15, 0.2) is 28.8 Å². The zero-order valence-corrected chi connectivity index (χ0v) is 17.3. The minimum Gasteiger partial charge on any atom is -0.494 e. The molecular weight excluding hydrogens is 380 g/mol. The number of hydrogen-bond acceptors (Lipinski definition) is 6. The number of aromatic nitrogens is 2. The molecule has 28 heavy (non-hydrogen) atoms. The molecule has 0 bridgehead atoms. The molecule has 3 rings (SSSR count). The van der Waals surface area contributed by atoms with E-state index in [9.17, 15) is 4.79 Å². The van der Waals surface area contributed by atoms with E-state index in [0.29, 0.717) is 37.2 Å². The fourth-order valence-electron chi connectivity index (χ4n) is 3.36. The predicted octanol–water partition coefficient (Wildman–Crippen LogP) is 3.09. The lowest BCUT2D eigenvalue weighted by Crippen LogP contribution is -2.42. The SMILES string of the molecule is CCCN(C(=O)CCc1nc(-c2ccc(OCC)cc2)no1)C1CCNC1.Cl. The van der Waals surface area contributed by atoms with Gasteiger partial charge in [-0.05, 0) is 50.6 Å². The van der Waals surface area contributed by atoms with Crippen molar-refractivity contribution in [2.24, 2.45) is 0 Å². The van der Waals surface area contributed by atoms with Crippen LogP contribution in [0.1, 0.15) is 39.0 Å². The van der Waals surface area contributed by atoms with E-state index in [-0.39, 0.29) is 18.3 Å². The van der Waals surface area contributed by atoms with Crippen LogP contribution in [0.4, 0.5) is 0 Å². The minimum atomic E-state index is 0. The quantitative estimate of drug-likeness (QED) is 0.686. The average Bonchev–Trinajstić information content (AvgIpc) is 3.37. The van der Waals surface area contributed by atoms with E-state index in [1.54, 1.807) is 0 Å². The number of rotatable bonds is 9. The second kappa shape index (κ2) is 11.0. The molecule has 1 aromatic carbocycles. The summed E-state index contributed by atoms with van der Waals surface area (Å²) in [6.07, 6.45) is 2.84. The molecule has 0 saturated carbocycles. The maximum Gasteiger partial charge on any atom is 0.227 e. The molecule has 1 aliphatic heterocycles. The van der Waals surface area contributed by atoms with Crippen LogP contribution in [0.25, 0.3) is 11.4 Å². The van der Waals surface area contributed by atoms with Crippen LogP contribution < -0.4 is 10.1 Å². The topological polar surface area (TPSA) is 80.5 Å². The lowest BCUT2D eigenvalue weighted by atomic mass is 10.1. The third kappa shape index (κ3) is 5.69. The Bertz CT molecular complexity index is 729. The van der Waals surface area contributed by atoms with Crippen molar-refractivity contribution >= 4 is 18.3 Å². The highest BCUT2D eigenvalue weighted by molar-refractivity contribution is 5.85. The van der Waals surface area contributed by atoms with Crippen LogP contribution in [-0.2, 0) is 11.2 Å². The molecule has 0 aliphatic carbocycles. The molecule has 2 heterocycles. The molecule has 0 spiro atoms. The highest BCUT2D eigenvalue weighted by atomic mass is 35.5. The van der Waals surface area contributed by atoms with Crippen molar-refractivity contribution in [2.75, 3.05) is 26.2 Å². The van der Waals surface area contributed by atoms with E-state index in [2.05, 4.69) is 22.4 Å². The van der Waals surface area contributed by atoms with Gasteiger partial charge in [-0.3, -0.25) is 4.79 Å². The number of ether oxygens (including phenoxy) is 1. The summed E-state index contributed by atoms with van der Waals surface area (Å²) in [6, 6.07) is 7.88. The van der Waals surface area contributed by atoms with Crippen molar-refractivity contribution in [3.05, 3.63) is 30.2 Å². The Hall–Kier alpha value is -2.12. The van der Waals surface area contributed by atoms with E-state index in [1.807, 2.05) is 36.1 Å². The molecule has 1 unspecified atom stereocenters. The number of carbonyl (C=O) groups is 1. The van der Waals surface area contributed by atoms with Crippen LogP contribution in [0.5, 0.6) is 5.75 Å². The van der Waals surface area contributed by atoms with Gasteiger partial charge in [0, 0.05) is 37.5 Å². The molecule has 1 fully saturated rings. The van der Waals surface area contributed by atoms with Crippen molar-refractivity contribution in [1.82, 2.24) is 20.4 Å². The van der Waals surface area contributed by atoms with Crippen LogP contribution in [0.3, 0.4) is 0 Å². The summed E-state index contributed by atoms with van der Waals surface area (Å²) in [6.45, 7) is 7.34. The molecule has 1 aromatic heterocycles. The normalized spacial score (nSPS) is 15.9. The second-order valence-electron chi connectivity index (χ2n) is 6.70. The smallest absolute Gasteiger partial charge is 0.227 e. The van der Waals surface area contributed by atoms with Crippen molar-refractivity contribution in [3.63, 3.8) is 0 Å². The molecule has 1 N–H and O–H groups in total. The van der Waals surface area contributed by atoms with Gasteiger partial charge in [0.15, 0.2) is 0 Å². The van der Waals surface area contributed by atoms with Crippen molar-refractivity contribution in [3.8, 4) is 17.1 Å². The molecule has 1 atom stereocenters. The molecule has 1 amide bonds. The van der Waals surface area contributed by atoms with E-state index in [0.717, 1.165) is 43.8 Å². The maximum atomic E-state index is 12.7. The minimum absolute atomic E-state index is 0. The number of carbonyl (C=O) groups excluding carboxylic acids is 1. The van der Waals surface area contributed by atoms with Crippen LogP contribution >= 0.6 is 12.4 Å². The lowest BCUT2D eigenvalue weighted by molar-refractivity contribution is -0.133. The number of benzene rings is 1. The number of hydrogen-bond donors (Lipinski definition) is 1. The maximum absolute atomic E-state index is 12.7. The summed E-state index contributed by atoms with van der Waals surface area (Å²) in [7, 11) is 0. The van der Waals surface area contributed by atoms with Gasteiger partial charge < -0.3 is 19.5 Å². The summed E-state index contributed by atoms with van der Waals surface area (Å²) in [4.78, 5) is 19.1. The zero-order valence-electron chi connectivity index (χ0n) is 16.5. The second-order valence-corrected chi connectivity index (χ2v) is 6.70. The van der Waals surface area contributed by atoms with Gasteiger partial charge in [0.25, 0.3) is 0 Å². The summed E-state index contributed by atoms with van der Waals surface area (Å²) in [5.41, 5.74) is 0.865. The number of nitrogens with zero attached hydrogens (tertiary/aromatic N) is 3. The Labute approximate surface area is 172 Å². The molecule has 8 heteroatoms. The third-order valence-electron chi connectivity index (χ3n) is 4.70. The molecule has 1 aliphatic rings. The highest BCUT2D eigenvalue weighted by Crippen LogP contribution is 2.20. The number of amides is 1. The fraction of sp³-hybridized carbons (Fsp3) is 0.550. The molecular formula is C20H29ClN4O3. The molecule has 7 nitrogen and oxygen atoms in total. The first kappa shape index (κ1) is 22.2. The Morgan fingerprint density at radius 3 is 2.75 bits per heavy atom. The fourth-order valence-corrected chi connectivity index (χ4v) is 3.36.